The maximum absolute atomic E-state index is 11.7. The maximum Gasteiger partial charge on any atom is 0.228 e. The zero-order valence-electron chi connectivity index (χ0n) is 20.6. The second-order valence-electron chi connectivity index (χ2n) is 9.36. The van der Waals surface area contributed by atoms with E-state index in [2.05, 4.69) is 28.4 Å². The number of rotatable bonds is 5. The minimum absolute atomic E-state index is 0.0735. The van der Waals surface area contributed by atoms with E-state index in [4.69, 9.17) is 15.0 Å². The highest BCUT2D eigenvalue weighted by molar-refractivity contribution is 5.94. The quantitative estimate of drug-likeness (QED) is 0.454. The summed E-state index contributed by atoms with van der Waals surface area (Å²) in [5.74, 6) is 1.40. The molecule has 35 heavy (non-hydrogen) atoms. The highest BCUT2D eigenvalue weighted by Gasteiger charge is 2.24. The fraction of sp³-hybridized carbons (Fsp3) is 0.385. The Labute approximate surface area is 204 Å². The number of carbonyl (C=O) groups excluding carboxylic acids is 1. The average Bonchev–Trinajstić information content (AvgIpc) is 3.19. The van der Waals surface area contributed by atoms with Crippen molar-refractivity contribution in [2.75, 3.05) is 36.4 Å². The second kappa shape index (κ2) is 9.05. The zero-order chi connectivity index (χ0) is 24.7. The van der Waals surface area contributed by atoms with Crippen LogP contribution in [0.4, 0.5) is 11.8 Å². The predicted octanol–water partition coefficient (Wildman–Crippen LogP) is 3.86. The van der Waals surface area contributed by atoms with Crippen molar-refractivity contribution < 1.29 is 9.90 Å². The van der Waals surface area contributed by atoms with Crippen LogP contribution in [-0.4, -0.2) is 61.6 Å². The van der Waals surface area contributed by atoms with Gasteiger partial charge in [0.2, 0.25) is 17.7 Å². The third-order valence-electron chi connectivity index (χ3n) is 6.64. The third kappa shape index (κ3) is 4.34. The number of piperazine rings is 1. The minimum atomic E-state index is 0.0735. The van der Waals surface area contributed by atoms with Crippen LogP contribution in [0.5, 0.6) is 5.88 Å². The van der Waals surface area contributed by atoms with E-state index in [1.807, 2.05) is 44.0 Å². The zero-order valence-corrected chi connectivity index (χ0v) is 20.6. The smallest absolute Gasteiger partial charge is 0.228 e. The Hall–Kier alpha value is -3.88. The van der Waals surface area contributed by atoms with Gasteiger partial charge in [0.15, 0.2) is 0 Å². The molecule has 0 atom stereocenters. The molecule has 2 N–H and O–H groups in total. The van der Waals surface area contributed by atoms with Gasteiger partial charge in [-0.05, 0) is 32.2 Å². The molecule has 0 spiro atoms. The van der Waals surface area contributed by atoms with Gasteiger partial charge in [0.05, 0.1) is 17.6 Å². The lowest BCUT2D eigenvalue weighted by Gasteiger charge is -2.34. The van der Waals surface area contributed by atoms with Gasteiger partial charge in [-0.3, -0.25) is 9.78 Å². The van der Waals surface area contributed by atoms with E-state index in [0.717, 1.165) is 27.5 Å². The molecule has 1 aromatic carbocycles. The molecule has 0 unspecified atom stereocenters. The largest absolute Gasteiger partial charge is 0.493 e. The molecule has 0 aliphatic carbocycles. The number of aryl methyl sites for hydroxylation is 1. The summed E-state index contributed by atoms with van der Waals surface area (Å²) >= 11 is 0. The molecule has 4 aromatic rings. The summed E-state index contributed by atoms with van der Waals surface area (Å²) in [6.45, 7) is 10.7. The SMILES string of the molecule is CC(=O)N1CCN(c2nc(NCc3cc4ccccc4c(C)n3)c3cn(C(C)C)c(O)c3n2)CC1. The van der Waals surface area contributed by atoms with E-state index in [1.54, 1.807) is 11.5 Å². The van der Waals surface area contributed by atoms with Crippen molar-refractivity contribution in [3.63, 3.8) is 0 Å². The first-order valence-electron chi connectivity index (χ1n) is 12.0. The number of aromatic hydroxyl groups is 1. The average molecular weight is 474 g/mol. The van der Waals surface area contributed by atoms with E-state index < -0.39 is 0 Å². The van der Waals surface area contributed by atoms with Gasteiger partial charge < -0.3 is 24.8 Å². The number of hydrogen-bond acceptors (Lipinski definition) is 7. The Bertz CT molecular complexity index is 1400. The molecular weight excluding hydrogens is 442 g/mol. The van der Waals surface area contributed by atoms with Crippen molar-refractivity contribution in [2.45, 2.75) is 40.3 Å². The minimum Gasteiger partial charge on any atom is -0.493 e. The van der Waals surface area contributed by atoms with Gasteiger partial charge in [-0.15, -0.1) is 0 Å². The molecule has 1 aliphatic heterocycles. The number of anilines is 2. The van der Waals surface area contributed by atoms with Crippen LogP contribution in [0.15, 0.2) is 36.5 Å². The van der Waals surface area contributed by atoms with Crippen molar-refractivity contribution in [2.24, 2.45) is 0 Å². The second-order valence-corrected chi connectivity index (χ2v) is 9.36. The summed E-state index contributed by atoms with van der Waals surface area (Å²) in [4.78, 5) is 30.0. The van der Waals surface area contributed by atoms with Crippen molar-refractivity contribution >= 4 is 39.3 Å². The number of pyridine rings is 1. The van der Waals surface area contributed by atoms with Crippen LogP contribution in [0, 0.1) is 6.92 Å². The topological polar surface area (TPSA) is 99.4 Å². The number of fused-ring (bicyclic) bond motifs is 2. The summed E-state index contributed by atoms with van der Waals surface area (Å²) in [6.07, 6.45) is 1.90. The van der Waals surface area contributed by atoms with Crippen LogP contribution in [0.25, 0.3) is 21.7 Å². The molecule has 0 radical (unpaired) electrons. The molecule has 1 fully saturated rings. The van der Waals surface area contributed by atoms with Gasteiger partial charge >= 0.3 is 0 Å². The summed E-state index contributed by atoms with van der Waals surface area (Å²) in [5, 5.41) is 17.4. The summed E-state index contributed by atoms with van der Waals surface area (Å²) in [6, 6.07) is 10.4. The number of amides is 1. The number of carbonyl (C=O) groups is 1. The van der Waals surface area contributed by atoms with Gasteiger partial charge in [-0.2, -0.15) is 4.98 Å². The highest BCUT2D eigenvalue weighted by Crippen LogP contribution is 2.34. The predicted molar refractivity (Wildman–Crippen MR) is 138 cm³/mol. The van der Waals surface area contributed by atoms with Crippen molar-refractivity contribution in [3.8, 4) is 5.88 Å². The van der Waals surface area contributed by atoms with Crippen LogP contribution in [0.3, 0.4) is 0 Å². The lowest BCUT2D eigenvalue weighted by atomic mass is 10.1. The van der Waals surface area contributed by atoms with Gasteiger partial charge in [0.1, 0.15) is 11.3 Å². The third-order valence-corrected chi connectivity index (χ3v) is 6.64. The van der Waals surface area contributed by atoms with Crippen LogP contribution >= 0.6 is 0 Å². The molecule has 182 valence electrons. The summed E-state index contributed by atoms with van der Waals surface area (Å²) < 4.78 is 1.81. The lowest BCUT2D eigenvalue weighted by Crippen LogP contribution is -2.48. The van der Waals surface area contributed by atoms with Gasteiger partial charge in [-0.1, -0.05) is 24.3 Å². The first-order valence-corrected chi connectivity index (χ1v) is 12.0. The molecule has 9 nitrogen and oxygen atoms in total. The van der Waals surface area contributed by atoms with Crippen LogP contribution < -0.4 is 10.2 Å². The Kier molecular flexibility index (Phi) is 5.92. The fourth-order valence-corrected chi connectivity index (χ4v) is 4.67. The summed E-state index contributed by atoms with van der Waals surface area (Å²) in [7, 11) is 0. The molecule has 4 heterocycles. The molecule has 3 aromatic heterocycles. The molecule has 1 aliphatic rings. The number of nitrogens with zero attached hydrogens (tertiary/aromatic N) is 6. The van der Waals surface area contributed by atoms with Gasteiger partial charge in [0, 0.05) is 56.4 Å². The first-order chi connectivity index (χ1) is 16.8. The van der Waals surface area contributed by atoms with Crippen molar-refractivity contribution in [1.29, 1.82) is 0 Å². The van der Waals surface area contributed by atoms with Crippen molar-refractivity contribution in [3.05, 3.63) is 47.9 Å². The molecule has 9 heteroatoms. The molecule has 0 saturated carbocycles. The van der Waals surface area contributed by atoms with E-state index in [1.165, 1.54) is 0 Å². The number of aromatic nitrogens is 4. The molecule has 0 bridgehead atoms. The van der Waals surface area contributed by atoms with E-state index in [0.29, 0.717) is 50.0 Å². The fourth-order valence-electron chi connectivity index (χ4n) is 4.67. The number of nitrogens with one attached hydrogen (secondary N) is 1. The number of benzene rings is 1. The van der Waals surface area contributed by atoms with Crippen LogP contribution in [0.1, 0.15) is 38.2 Å². The first kappa shape index (κ1) is 22.9. The molecule has 1 amide bonds. The summed E-state index contributed by atoms with van der Waals surface area (Å²) in [5.41, 5.74) is 2.42. The van der Waals surface area contributed by atoms with Gasteiger partial charge in [0.25, 0.3) is 0 Å². The molecular formula is C26H31N7O2. The Morgan fingerprint density at radius 1 is 1.09 bits per heavy atom. The van der Waals surface area contributed by atoms with E-state index in [-0.39, 0.29) is 17.8 Å². The van der Waals surface area contributed by atoms with Gasteiger partial charge in [-0.25, -0.2) is 4.98 Å². The maximum atomic E-state index is 11.7. The van der Waals surface area contributed by atoms with Crippen LogP contribution in [0.2, 0.25) is 0 Å². The standard InChI is InChI=1S/C26H31N7O2/c1-16(2)33-15-22-23(25(33)35)29-26(32-11-9-31(10-12-32)18(4)34)30-24(22)27-14-20-13-19-7-5-6-8-21(19)17(3)28-20/h5-8,13,15-16,35H,9-12,14H2,1-4H3,(H,27,29,30). The highest BCUT2D eigenvalue weighted by atomic mass is 16.3. The molecule has 1 saturated heterocycles. The van der Waals surface area contributed by atoms with E-state index in [9.17, 15) is 9.90 Å². The Morgan fingerprint density at radius 2 is 1.83 bits per heavy atom. The normalized spacial score (nSPS) is 14.3. The van der Waals surface area contributed by atoms with Crippen molar-refractivity contribution in [1.82, 2.24) is 24.4 Å². The van der Waals surface area contributed by atoms with E-state index >= 15 is 0 Å². The molecule has 5 rings (SSSR count). The number of hydrogen-bond donors (Lipinski definition) is 2. The monoisotopic (exact) mass is 473 g/mol. The van der Waals surface area contributed by atoms with Crippen LogP contribution in [-0.2, 0) is 11.3 Å². The Balaban J connectivity index is 1.49. The lowest BCUT2D eigenvalue weighted by molar-refractivity contribution is -0.129. The Morgan fingerprint density at radius 3 is 2.54 bits per heavy atom.